The normalized spacial score (nSPS) is 16.0. The fraction of sp³-hybridized carbons (Fsp3) is 0.882. The van der Waals surface area contributed by atoms with Gasteiger partial charge in [0.25, 0.3) is 0 Å². The molecule has 1 aliphatic carbocycles. The summed E-state index contributed by atoms with van der Waals surface area (Å²) in [6.45, 7) is 2.27. The van der Waals surface area contributed by atoms with E-state index in [1.54, 1.807) is 7.05 Å². The summed E-state index contributed by atoms with van der Waals surface area (Å²) in [5.41, 5.74) is 0. The lowest BCUT2D eigenvalue weighted by molar-refractivity contribution is -0.140. The van der Waals surface area contributed by atoms with E-state index in [1.165, 1.54) is 45.6 Å². The third-order valence-corrected chi connectivity index (χ3v) is 4.10. The minimum absolute atomic E-state index is 0. The van der Waals surface area contributed by atoms with Crippen LogP contribution in [0.3, 0.4) is 0 Å². The number of halogens is 1. The predicted molar refractivity (Wildman–Crippen MR) is 108 cm³/mol. The summed E-state index contributed by atoms with van der Waals surface area (Å²) in [7, 11) is 3.18. The van der Waals surface area contributed by atoms with Crippen molar-refractivity contribution in [3.63, 3.8) is 0 Å². The molecule has 0 aromatic rings. The van der Waals surface area contributed by atoms with Crippen LogP contribution in [0.2, 0.25) is 0 Å². The molecule has 24 heavy (non-hydrogen) atoms. The fourth-order valence-electron chi connectivity index (χ4n) is 2.73. The van der Waals surface area contributed by atoms with Crippen molar-refractivity contribution in [3.05, 3.63) is 0 Å². The number of carbonyl (C=O) groups excluding carboxylic acids is 1. The van der Waals surface area contributed by atoms with E-state index in [9.17, 15) is 4.79 Å². The van der Waals surface area contributed by atoms with Gasteiger partial charge in [0.2, 0.25) is 0 Å². The summed E-state index contributed by atoms with van der Waals surface area (Å²) in [5, 5.41) is 6.50. The van der Waals surface area contributed by atoms with Gasteiger partial charge < -0.3 is 20.1 Å². The number of nitrogens with one attached hydrogen (secondary N) is 2. The van der Waals surface area contributed by atoms with Gasteiger partial charge in [0.15, 0.2) is 5.96 Å². The van der Waals surface area contributed by atoms with E-state index in [-0.39, 0.29) is 29.9 Å². The average molecular weight is 455 g/mol. The van der Waals surface area contributed by atoms with Crippen molar-refractivity contribution >= 4 is 35.9 Å². The molecule has 0 aromatic heterocycles. The Bertz CT molecular complexity index is 346. The number of esters is 1. The molecule has 2 N–H and O–H groups in total. The molecular formula is C17H34IN3O3. The molecule has 0 aromatic carbocycles. The third-order valence-electron chi connectivity index (χ3n) is 4.10. The minimum atomic E-state index is -0.150. The Balaban J connectivity index is 0.00000529. The molecule has 142 valence electrons. The van der Waals surface area contributed by atoms with Crippen LogP contribution in [0.15, 0.2) is 4.99 Å². The number of carbonyl (C=O) groups is 1. The highest BCUT2D eigenvalue weighted by Gasteiger charge is 2.12. The second-order valence-corrected chi connectivity index (χ2v) is 5.94. The van der Waals surface area contributed by atoms with Crippen molar-refractivity contribution in [1.29, 1.82) is 0 Å². The van der Waals surface area contributed by atoms with Crippen LogP contribution < -0.4 is 10.6 Å². The first kappa shape index (κ1) is 23.4. The number of hydrogen-bond donors (Lipinski definition) is 2. The molecule has 0 radical (unpaired) electrons. The van der Waals surface area contributed by atoms with E-state index in [1.807, 2.05) is 0 Å². The van der Waals surface area contributed by atoms with E-state index >= 15 is 0 Å². The largest absolute Gasteiger partial charge is 0.469 e. The van der Waals surface area contributed by atoms with Gasteiger partial charge >= 0.3 is 5.97 Å². The van der Waals surface area contributed by atoms with Gasteiger partial charge in [0.1, 0.15) is 0 Å². The smallest absolute Gasteiger partial charge is 0.305 e. The standard InChI is InChI=1S/C17H33N3O3.HI/c1-18-17(19-12-8-7-11-16(21)22-2)20-13-14-23-15-9-5-3-4-6-10-15;/h15H,3-14H2,1-2H3,(H2,18,19,20);1H. The zero-order valence-corrected chi connectivity index (χ0v) is 17.5. The van der Waals surface area contributed by atoms with Crippen LogP contribution in [-0.2, 0) is 14.3 Å². The second kappa shape index (κ2) is 15.9. The molecule has 0 unspecified atom stereocenters. The molecule has 0 spiro atoms. The first-order chi connectivity index (χ1) is 11.3. The molecule has 0 amide bonds. The van der Waals surface area contributed by atoms with E-state index in [4.69, 9.17) is 4.74 Å². The molecule has 1 saturated carbocycles. The number of nitrogens with zero attached hydrogens (tertiary/aromatic N) is 1. The van der Waals surface area contributed by atoms with Gasteiger partial charge in [-0.25, -0.2) is 0 Å². The summed E-state index contributed by atoms with van der Waals surface area (Å²) in [4.78, 5) is 15.2. The Morgan fingerprint density at radius 1 is 1.08 bits per heavy atom. The maximum absolute atomic E-state index is 11.0. The number of guanidine groups is 1. The van der Waals surface area contributed by atoms with Crippen LogP contribution in [0.1, 0.15) is 57.8 Å². The van der Waals surface area contributed by atoms with Gasteiger partial charge in [-0.15, -0.1) is 24.0 Å². The number of unbranched alkanes of at least 4 members (excludes halogenated alkanes) is 1. The number of rotatable bonds is 9. The van der Waals surface area contributed by atoms with Crippen molar-refractivity contribution in [2.75, 3.05) is 33.9 Å². The Kier molecular flexibility index (Phi) is 15.6. The molecule has 7 heteroatoms. The summed E-state index contributed by atoms with van der Waals surface area (Å²) in [6.07, 6.45) is 10.3. The highest BCUT2D eigenvalue weighted by Crippen LogP contribution is 2.19. The zero-order valence-electron chi connectivity index (χ0n) is 15.1. The summed E-state index contributed by atoms with van der Waals surface area (Å²) < 4.78 is 10.6. The van der Waals surface area contributed by atoms with Gasteiger partial charge in [0, 0.05) is 26.6 Å². The molecule has 0 bridgehead atoms. The summed E-state index contributed by atoms with van der Waals surface area (Å²) >= 11 is 0. The quantitative estimate of drug-likeness (QED) is 0.140. The van der Waals surface area contributed by atoms with Crippen molar-refractivity contribution in [3.8, 4) is 0 Å². The maximum Gasteiger partial charge on any atom is 0.305 e. The number of hydrogen-bond acceptors (Lipinski definition) is 4. The topological polar surface area (TPSA) is 72.0 Å². The lowest BCUT2D eigenvalue weighted by atomic mass is 10.1. The molecule has 0 heterocycles. The molecule has 1 fully saturated rings. The van der Waals surface area contributed by atoms with E-state index in [2.05, 4.69) is 20.4 Å². The Labute approximate surface area is 163 Å². The van der Waals surface area contributed by atoms with Crippen molar-refractivity contribution in [1.82, 2.24) is 10.6 Å². The minimum Gasteiger partial charge on any atom is -0.469 e. The fourth-order valence-corrected chi connectivity index (χ4v) is 2.73. The second-order valence-electron chi connectivity index (χ2n) is 5.94. The average Bonchev–Trinajstić information content (AvgIpc) is 2.84. The maximum atomic E-state index is 11.0. The van der Waals surface area contributed by atoms with Gasteiger partial charge in [-0.3, -0.25) is 9.79 Å². The number of ether oxygens (including phenoxy) is 2. The highest BCUT2D eigenvalue weighted by molar-refractivity contribution is 14.0. The molecular weight excluding hydrogens is 421 g/mol. The Morgan fingerprint density at radius 2 is 1.75 bits per heavy atom. The van der Waals surface area contributed by atoms with Crippen LogP contribution in [0, 0.1) is 0 Å². The van der Waals surface area contributed by atoms with Gasteiger partial charge in [-0.1, -0.05) is 25.7 Å². The monoisotopic (exact) mass is 455 g/mol. The molecule has 1 rings (SSSR count). The Hall–Kier alpha value is -0.570. The van der Waals surface area contributed by atoms with Crippen LogP contribution in [0.5, 0.6) is 0 Å². The first-order valence-corrected chi connectivity index (χ1v) is 8.89. The first-order valence-electron chi connectivity index (χ1n) is 8.89. The SMILES string of the molecule is CN=C(NCCCCC(=O)OC)NCCOC1CCCCCC1.I. The third kappa shape index (κ3) is 11.9. The highest BCUT2D eigenvalue weighted by atomic mass is 127. The molecule has 0 saturated heterocycles. The van der Waals surface area contributed by atoms with Gasteiger partial charge in [-0.2, -0.15) is 0 Å². The van der Waals surface area contributed by atoms with Crippen molar-refractivity contribution in [2.45, 2.75) is 63.9 Å². The number of aliphatic imine (C=N–C) groups is 1. The van der Waals surface area contributed by atoms with Crippen LogP contribution in [0.25, 0.3) is 0 Å². The van der Waals surface area contributed by atoms with E-state index < -0.39 is 0 Å². The Morgan fingerprint density at radius 3 is 2.38 bits per heavy atom. The van der Waals surface area contributed by atoms with E-state index in [0.717, 1.165) is 31.9 Å². The van der Waals surface area contributed by atoms with E-state index in [0.29, 0.717) is 19.1 Å². The van der Waals surface area contributed by atoms with Crippen molar-refractivity contribution < 1.29 is 14.3 Å². The molecule has 0 atom stereocenters. The molecule has 0 aliphatic heterocycles. The van der Waals surface area contributed by atoms with Crippen molar-refractivity contribution in [2.24, 2.45) is 4.99 Å². The van der Waals surface area contributed by atoms with Gasteiger partial charge in [-0.05, 0) is 25.7 Å². The zero-order chi connectivity index (χ0) is 16.8. The van der Waals surface area contributed by atoms with Crippen LogP contribution in [-0.4, -0.2) is 51.9 Å². The molecule has 6 nitrogen and oxygen atoms in total. The van der Waals surface area contributed by atoms with Crippen LogP contribution >= 0.6 is 24.0 Å². The predicted octanol–water partition coefficient (Wildman–Crippen LogP) is 2.85. The summed E-state index contributed by atoms with van der Waals surface area (Å²) in [6, 6.07) is 0. The number of methoxy groups -OCH3 is 1. The summed E-state index contributed by atoms with van der Waals surface area (Å²) in [5.74, 6) is 0.635. The van der Waals surface area contributed by atoms with Crippen LogP contribution in [0.4, 0.5) is 0 Å². The lowest BCUT2D eigenvalue weighted by Crippen LogP contribution is -2.39. The lowest BCUT2D eigenvalue weighted by Gasteiger charge is -2.16. The van der Waals surface area contributed by atoms with Gasteiger partial charge in [0.05, 0.1) is 19.8 Å². The molecule has 1 aliphatic rings.